The van der Waals surface area contributed by atoms with E-state index in [1.807, 2.05) is 30.3 Å². The molecule has 154 valence electrons. The summed E-state index contributed by atoms with van der Waals surface area (Å²) in [6.45, 7) is 1.58. The van der Waals surface area contributed by atoms with Crippen LogP contribution < -0.4 is 10.6 Å². The van der Waals surface area contributed by atoms with Crippen LogP contribution in [-0.4, -0.2) is 42.3 Å². The maximum atomic E-state index is 12.2. The average molecular weight is 400 g/mol. The Labute approximate surface area is 168 Å². The zero-order chi connectivity index (χ0) is 21.1. The van der Waals surface area contributed by atoms with E-state index in [4.69, 9.17) is 9.47 Å². The number of hydrogen-bond donors (Lipinski definition) is 3. The van der Waals surface area contributed by atoms with Gasteiger partial charge in [-0.05, 0) is 30.2 Å². The maximum Gasteiger partial charge on any atom is 0.407 e. The van der Waals surface area contributed by atoms with Crippen LogP contribution in [0, 0.1) is 0 Å². The van der Waals surface area contributed by atoms with Crippen molar-refractivity contribution in [1.29, 1.82) is 0 Å². The monoisotopic (exact) mass is 400 g/mol. The molecule has 2 aromatic carbocycles. The van der Waals surface area contributed by atoms with Crippen LogP contribution in [0.25, 0.3) is 0 Å². The van der Waals surface area contributed by atoms with Gasteiger partial charge in [0.1, 0.15) is 24.9 Å². The van der Waals surface area contributed by atoms with Gasteiger partial charge < -0.3 is 25.2 Å². The minimum Gasteiger partial charge on any atom is -0.508 e. The number of nitrogens with one attached hydrogen (secondary N) is 2. The lowest BCUT2D eigenvalue weighted by Gasteiger charge is -2.17. The molecule has 3 N–H and O–H groups in total. The second-order valence-electron chi connectivity index (χ2n) is 6.16. The average Bonchev–Trinajstić information content (AvgIpc) is 2.72. The number of rotatable bonds is 9. The predicted molar refractivity (Wildman–Crippen MR) is 105 cm³/mol. The first-order valence-corrected chi connectivity index (χ1v) is 9.16. The first-order valence-electron chi connectivity index (χ1n) is 9.16. The second kappa shape index (κ2) is 11.3. The first-order chi connectivity index (χ1) is 14.0. The lowest BCUT2D eigenvalue weighted by Crippen LogP contribution is -2.47. The summed E-state index contributed by atoms with van der Waals surface area (Å²) in [6, 6.07) is 14.5. The zero-order valence-electron chi connectivity index (χ0n) is 16.1. The van der Waals surface area contributed by atoms with E-state index in [0.717, 1.165) is 11.1 Å². The van der Waals surface area contributed by atoms with Crippen LogP contribution in [0.15, 0.2) is 54.6 Å². The molecule has 0 spiro atoms. The third-order valence-electron chi connectivity index (χ3n) is 3.89. The minimum atomic E-state index is -0.922. The van der Waals surface area contributed by atoms with Gasteiger partial charge in [-0.15, -0.1) is 0 Å². The van der Waals surface area contributed by atoms with Crippen molar-refractivity contribution in [3.8, 4) is 5.75 Å². The van der Waals surface area contributed by atoms with Crippen molar-refractivity contribution < 1.29 is 29.0 Å². The number of benzene rings is 2. The Balaban J connectivity index is 1.83. The fraction of sp³-hybridized carbons (Fsp3) is 0.286. The van der Waals surface area contributed by atoms with Gasteiger partial charge in [-0.2, -0.15) is 0 Å². The SMILES string of the molecule is CCOC(=O)[C@H](Cc1ccc(O)cc1)NC(=O)CNC(=O)OCc1ccccc1. The number of aromatic hydroxyl groups is 1. The molecule has 2 amide bonds. The third kappa shape index (κ3) is 7.92. The number of esters is 1. The van der Waals surface area contributed by atoms with Gasteiger partial charge in [0.15, 0.2) is 0 Å². The fourth-order valence-corrected chi connectivity index (χ4v) is 2.48. The number of phenolic OH excluding ortho intramolecular Hbond substituents is 1. The molecule has 2 aromatic rings. The summed E-state index contributed by atoms with van der Waals surface area (Å²) in [4.78, 5) is 36.0. The van der Waals surface area contributed by atoms with Gasteiger partial charge in [-0.25, -0.2) is 9.59 Å². The molecular formula is C21H24N2O6. The van der Waals surface area contributed by atoms with Gasteiger partial charge in [0.2, 0.25) is 5.91 Å². The van der Waals surface area contributed by atoms with E-state index in [9.17, 15) is 19.5 Å². The standard InChI is InChI=1S/C21H24N2O6/c1-2-28-20(26)18(12-15-8-10-17(24)11-9-15)23-19(25)13-22-21(27)29-14-16-6-4-3-5-7-16/h3-11,18,24H,2,12-14H2,1H3,(H,22,27)(H,23,25)/t18-/m0/s1. The molecule has 0 fully saturated rings. The minimum absolute atomic E-state index is 0.0839. The lowest BCUT2D eigenvalue weighted by atomic mass is 10.1. The van der Waals surface area contributed by atoms with E-state index in [0.29, 0.717) is 0 Å². The van der Waals surface area contributed by atoms with Crippen molar-refractivity contribution in [3.05, 3.63) is 65.7 Å². The number of ether oxygens (including phenoxy) is 2. The molecule has 0 aliphatic heterocycles. The number of phenols is 1. The molecule has 8 nitrogen and oxygen atoms in total. The molecule has 8 heteroatoms. The maximum absolute atomic E-state index is 12.2. The van der Waals surface area contributed by atoms with Gasteiger partial charge >= 0.3 is 12.1 Å². The molecule has 1 atom stereocenters. The summed E-state index contributed by atoms with van der Waals surface area (Å²) in [7, 11) is 0. The topological polar surface area (TPSA) is 114 Å². The van der Waals surface area contributed by atoms with E-state index in [2.05, 4.69) is 10.6 Å². The van der Waals surface area contributed by atoms with Crippen molar-refractivity contribution in [3.63, 3.8) is 0 Å². The van der Waals surface area contributed by atoms with Crippen LogP contribution in [-0.2, 0) is 32.1 Å². The molecule has 0 heterocycles. The molecule has 0 aliphatic rings. The molecule has 0 saturated carbocycles. The summed E-state index contributed by atoms with van der Waals surface area (Å²) >= 11 is 0. The van der Waals surface area contributed by atoms with Crippen LogP contribution in [0.4, 0.5) is 4.79 Å². The molecule has 2 rings (SSSR count). The lowest BCUT2D eigenvalue weighted by molar-refractivity contribution is -0.147. The van der Waals surface area contributed by atoms with E-state index in [1.54, 1.807) is 19.1 Å². The van der Waals surface area contributed by atoms with Crippen LogP contribution in [0.1, 0.15) is 18.1 Å². The van der Waals surface area contributed by atoms with Crippen LogP contribution >= 0.6 is 0 Å². The van der Waals surface area contributed by atoms with Gasteiger partial charge in [0.25, 0.3) is 0 Å². The Morgan fingerprint density at radius 1 is 0.966 bits per heavy atom. The summed E-state index contributed by atoms with van der Waals surface area (Å²) in [5.74, 6) is -1.04. The number of alkyl carbamates (subject to hydrolysis) is 1. The van der Waals surface area contributed by atoms with Gasteiger partial charge in [-0.1, -0.05) is 42.5 Å². The summed E-state index contributed by atoms with van der Waals surface area (Å²) in [6.07, 6.45) is -0.557. The number of amides is 2. The highest BCUT2D eigenvalue weighted by Gasteiger charge is 2.22. The normalized spacial score (nSPS) is 11.2. The van der Waals surface area contributed by atoms with Crippen molar-refractivity contribution >= 4 is 18.0 Å². The summed E-state index contributed by atoms with van der Waals surface area (Å²) in [5, 5.41) is 14.2. The van der Waals surface area contributed by atoms with Crippen LogP contribution in [0.3, 0.4) is 0 Å². The zero-order valence-corrected chi connectivity index (χ0v) is 16.1. The summed E-state index contributed by atoms with van der Waals surface area (Å²) in [5.41, 5.74) is 1.56. The quantitative estimate of drug-likeness (QED) is 0.554. The Morgan fingerprint density at radius 3 is 2.31 bits per heavy atom. The Hall–Kier alpha value is -3.55. The van der Waals surface area contributed by atoms with Gasteiger partial charge in [0, 0.05) is 6.42 Å². The predicted octanol–water partition coefficient (Wildman–Crippen LogP) is 1.91. The molecule has 0 bridgehead atoms. The van der Waals surface area contributed by atoms with E-state index in [1.165, 1.54) is 12.1 Å². The molecule has 0 radical (unpaired) electrons. The Kier molecular flexibility index (Phi) is 8.50. The third-order valence-corrected chi connectivity index (χ3v) is 3.89. The Bertz CT molecular complexity index is 808. The Morgan fingerprint density at radius 2 is 1.66 bits per heavy atom. The highest BCUT2D eigenvalue weighted by Crippen LogP contribution is 2.12. The number of carbonyl (C=O) groups is 3. The van der Waals surface area contributed by atoms with Crippen LogP contribution in [0.2, 0.25) is 0 Å². The smallest absolute Gasteiger partial charge is 0.407 e. The first kappa shape index (κ1) is 21.7. The van der Waals surface area contributed by atoms with Crippen molar-refractivity contribution in [2.45, 2.75) is 26.0 Å². The van der Waals surface area contributed by atoms with Gasteiger partial charge in [-0.3, -0.25) is 4.79 Å². The van der Waals surface area contributed by atoms with Crippen molar-refractivity contribution in [2.24, 2.45) is 0 Å². The van der Waals surface area contributed by atoms with Crippen molar-refractivity contribution in [2.75, 3.05) is 13.2 Å². The van der Waals surface area contributed by atoms with Crippen LogP contribution in [0.5, 0.6) is 5.75 Å². The molecule has 0 unspecified atom stereocenters. The highest BCUT2D eigenvalue weighted by molar-refractivity contribution is 5.87. The molecule has 0 aromatic heterocycles. The molecule has 0 aliphatic carbocycles. The number of carbonyl (C=O) groups excluding carboxylic acids is 3. The highest BCUT2D eigenvalue weighted by atomic mass is 16.5. The van der Waals surface area contributed by atoms with E-state index < -0.39 is 24.0 Å². The molecule has 0 saturated heterocycles. The largest absolute Gasteiger partial charge is 0.508 e. The van der Waals surface area contributed by atoms with E-state index >= 15 is 0 Å². The van der Waals surface area contributed by atoms with E-state index in [-0.39, 0.29) is 31.9 Å². The van der Waals surface area contributed by atoms with Gasteiger partial charge in [0.05, 0.1) is 6.61 Å². The molecular weight excluding hydrogens is 376 g/mol. The fourth-order valence-electron chi connectivity index (χ4n) is 2.48. The van der Waals surface area contributed by atoms with Crippen molar-refractivity contribution in [1.82, 2.24) is 10.6 Å². The molecule has 29 heavy (non-hydrogen) atoms. The summed E-state index contributed by atoms with van der Waals surface area (Å²) < 4.78 is 10.0. The second-order valence-corrected chi connectivity index (χ2v) is 6.16. The number of hydrogen-bond acceptors (Lipinski definition) is 6.